The molecule has 0 saturated carbocycles. The summed E-state index contributed by atoms with van der Waals surface area (Å²) in [6, 6.07) is 3.80. The highest BCUT2D eigenvalue weighted by molar-refractivity contribution is 8.26. The van der Waals surface area contributed by atoms with Gasteiger partial charge in [0.05, 0.1) is 10.5 Å². The summed E-state index contributed by atoms with van der Waals surface area (Å²) >= 11 is 6.72. The van der Waals surface area contributed by atoms with Crippen molar-refractivity contribution in [3.63, 3.8) is 0 Å². The molecule has 2 aromatic heterocycles. The molecule has 0 aliphatic carbocycles. The number of anilines is 1. The van der Waals surface area contributed by atoms with Crippen molar-refractivity contribution in [2.75, 3.05) is 24.5 Å². The van der Waals surface area contributed by atoms with Crippen molar-refractivity contribution in [2.45, 2.75) is 46.0 Å². The molecule has 4 rings (SSSR count). The third-order valence-corrected chi connectivity index (χ3v) is 6.98. The van der Waals surface area contributed by atoms with E-state index in [1.807, 2.05) is 19.1 Å². The predicted molar refractivity (Wildman–Crippen MR) is 127 cm³/mol. The van der Waals surface area contributed by atoms with Crippen LogP contribution in [-0.4, -0.2) is 44.1 Å². The summed E-state index contributed by atoms with van der Waals surface area (Å²) in [5.74, 6) is 0.560. The lowest BCUT2D eigenvalue weighted by molar-refractivity contribution is -0.122. The number of unbranched alkanes of at least 4 members (excludes halogenated alkanes) is 2. The fourth-order valence-electron chi connectivity index (χ4n) is 3.94. The minimum absolute atomic E-state index is 0.109. The summed E-state index contributed by atoms with van der Waals surface area (Å²) in [7, 11) is 0. The number of fused-ring (bicyclic) bond motifs is 1. The fraction of sp³-hybridized carbons (Fsp3) is 0.455. The molecular weight excluding hydrogens is 416 g/mol. The van der Waals surface area contributed by atoms with Crippen molar-refractivity contribution in [1.29, 1.82) is 0 Å². The van der Waals surface area contributed by atoms with E-state index >= 15 is 0 Å². The van der Waals surface area contributed by atoms with Crippen molar-refractivity contribution in [3.05, 3.63) is 44.7 Å². The molecule has 1 amide bonds. The van der Waals surface area contributed by atoms with Gasteiger partial charge in [-0.1, -0.05) is 49.8 Å². The highest BCUT2D eigenvalue weighted by Gasteiger charge is 2.32. The Hall–Kier alpha value is -2.19. The van der Waals surface area contributed by atoms with E-state index in [1.54, 1.807) is 21.6 Å². The molecule has 0 atom stereocenters. The highest BCUT2D eigenvalue weighted by Crippen LogP contribution is 2.34. The monoisotopic (exact) mass is 442 g/mol. The van der Waals surface area contributed by atoms with Crippen molar-refractivity contribution in [2.24, 2.45) is 0 Å². The summed E-state index contributed by atoms with van der Waals surface area (Å²) in [6.07, 6.45) is 8.67. The number of amides is 1. The molecule has 0 unspecified atom stereocenters. The normalized spacial score (nSPS) is 18.4. The molecule has 8 heteroatoms. The quantitative estimate of drug-likeness (QED) is 0.383. The van der Waals surface area contributed by atoms with Gasteiger partial charge in [0.2, 0.25) is 0 Å². The molecule has 2 aromatic rings. The molecule has 0 bridgehead atoms. The first-order chi connectivity index (χ1) is 14.5. The molecule has 30 heavy (non-hydrogen) atoms. The average Bonchev–Trinajstić information content (AvgIpc) is 3.35. The van der Waals surface area contributed by atoms with Gasteiger partial charge in [-0.15, -0.1) is 0 Å². The molecule has 4 heterocycles. The van der Waals surface area contributed by atoms with Crippen LogP contribution in [0.4, 0.5) is 5.82 Å². The fourth-order valence-corrected chi connectivity index (χ4v) is 5.23. The smallest absolute Gasteiger partial charge is 0.267 e. The number of thiocarbonyl (C=S) groups is 1. The van der Waals surface area contributed by atoms with Gasteiger partial charge in [-0.25, -0.2) is 4.98 Å². The highest BCUT2D eigenvalue weighted by atomic mass is 32.2. The van der Waals surface area contributed by atoms with Gasteiger partial charge in [-0.2, -0.15) is 0 Å². The molecule has 2 aliphatic heterocycles. The van der Waals surface area contributed by atoms with Crippen molar-refractivity contribution in [3.8, 4) is 0 Å². The molecule has 0 aromatic carbocycles. The lowest BCUT2D eigenvalue weighted by atomic mass is 10.2. The van der Waals surface area contributed by atoms with Crippen LogP contribution in [0.2, 0.25) is 0 Å². The van der Waals surface area contributed by atoms with Crippen LogP contribution in [-0.2, 0) is 4.79 Å². The van der Waals surface area contributed by atoms with E-state index in [1.165, 1.54) is 11.8 Å². The first-order valence-corrected chi connectivity index (χ1v) is 11.8. The third-order valence-electron chi connectivity index (χ3n) is 5.60. The number of carbonyl (C=O) groups excluding carboxylic acids is 1. The summed E-state index contributed by atoms with van der Waals surface area (Å²) in [6.45, 7) is 6.45. The van der Waals surface area contributed by atoms with E-state index in [9.17, 15) is 9.59 Å². The van der Waals surface area contributed by atoms with Crippen LogP contribution in [0.3, 0.4) is 0 Å². The zero-order valence-electron chi connectivity index (χ0n) is 17.4. The number of aryl methyl sites for hydroxylation is 1. The Morgan fingerprint density at radius 3 is 2.73 bits per heavy atom. The first kappa shape index (κ1) is 21.1. The average molecular weight is 443 g/mol. The summed E-state index contributed by atoms with van der Waals surface area (Å²) < 4.78 is 2.14. The van der Waals surface area contributed by atoms with Crippen molar-refractivity contribution in [1.82, 2.24) is 14.3 Å². The van der Waals surface area contributed by atoms with Crippen LogP contribution in [0.1, 0.15) is 50.2 Å². The molecule has 2 aliphatic rings. The van der Waals surface area contributed by atoms with Crippen LogP contribution < -0.4 is 10.5 Å². The minimum Gasteiger partial charge on any atom is -0.356 e. The van der Waals surface area contributed by atoms with E-state index in [2.05, 4.69) is 11.8 Å². The van der Waals surface area contributed by atoms with Crippen molar-refractivity contribution >= 4 is 51.7 Å². The molecular formula is C22H26N4O2S2. The van der Waals surface area contributed by atoms with Crippen LogP contribution in [0, 0.1) is 6.92 Å². The largest absolute Gasteiger partial charge is 0.356 e. The predicted octanol–water partition coefficient (Wildman–Crippen LogP) is 3.99. The standard InChI is InChI=1S/C22H26N4O2S2/c1-3-4-5-12-26-21(28)17(30-22(26)29)14-16-19(24-10-6-7-11-24)23-18-15(2)9-8-13-25(18)20(16)27/h8-9,13-14H,3-7,10-12H2,1-2H3/b17-14-. The third kappa shape index (κ3) is 3.90. The second-order valence-electron chi connectivity index (χ2n) is 7.77. The number of carbonyl (C=O) groups is 1. The number of hydrogen-bond donors (Lipinski definition) is 0. The lowest BCUT2D eigenvalue weighted by Gasteiger charge is -2.20. The van der Waals surface area contributed by atoms with Gasteiger partial charge in [-0.3, -0.25) is 18.9 Å². The second kappa shape index (κ2) is 8.89. The van der Waals surface area contributed by atoms with Crippen molar-refractivity contribution < 1.29 is 4.79 Å². The number of pyridine rings is 1. The topological polar surface area (TPSA) is 57.9 Å². The second-order valence-corrected chi connectivity index (χ2v) is 9.45. The first-order valence-electron chi connectivity index (χ1n) is 10.5. The zero-order valence-corrected chi connectivity index (χ0v) is 19.0. The molecule has 158 valence electrons. The number of nitrogens with zero attached hydrogens (tertiary/aromatic N) is 4. The van der Waals surface area contributed by atoms with E-state index in [0.29, 0.717) is 32.8 Å². The Bertz CT molecular complexity index is 1090. The van der Waals surface area contributed by atoms with E-state index in [-0.39, 0.29) is 11.5 Å². The van der Waals surface area contributed by atoms with Gasteiger partial charge in [0, 0.05) is 25.8 Å². The number of aromatic nitrogens is 2. The van der Waals surface area contributed by atoms with E-state index in [0.717, 1.165) is 50.8 Å². The van der Waals surface area contributed by atoms with Crippen LogP contribution in [0.5, 0.6) is 0 Å². The van der Waals surface area contributed by atoms with Gasteiger partial charge in [0.1, 0.15) is 15.8 Å². The molecule has 0 radical (unpaired) electrons. The van der Waals surface area contributed by atoms with Gasteiger partial charge >= 0.3 is 0 Å². The summed E-state index contributed by atoms with van der Waals surface area (Å²) in [5, 5.41) is 0. The minimum atomic E-state index is -0.151. The van der Waals surface area contributed by atoms with Crippen LogP contribution >= 0.6 is 24.0 Å². The maximum atomic E-state index is 13.4. The van der Waals surface area contributed by atoms with E-state index in [4.69, 9.17) is 17.2 Å². The summed E-state index contributed by atoms with van der Waals surface area (Å²) in [5.41, 5.74) is 1.92. The Balaban J connectivity index is 1.79. The molecule has 0 N–H and O–H groups in total. The van der Waals surface area contributed by atoms with Crippen LogP contribution in [0.25, 0.3) is 11.7 Å². The van der Waals surface area contributed by atoms with Gasteiger partial charge < -0.3 is 4.90 Å². The number of rotatable bonds is 6. The van der Waals surface area contributed by atoms with Gasteiger partial charge in [0.15, 0.2) is 0 Å². The maximum absolute atomic E-state index is 13.4. The lowest BCUT2D eigenvalue weighted by Crippen LogP contribution is -2.29. The van der Waals surface area contributed by atoms with E-state index < -0.39 is 0 Å². The number of hydrogen-bond acceptors (Lipinski definition) is 6. The Kier molecular flexibility index (Phi) is 6.24. The maximum Gasteiger partial charge on any atom is 0.267 e. The molecule has 2 fully saturated rings. The Labute approximate surface area is 186 Å². The Morgan fingerprint density at radius 2 is 2.00 bits per heavy atom. The van der Waals surface area contributed by atoms with Crippen LogP contribution in [0.15, 0.2) is 28.0 Å². The van der Waals surface area contributed by atoms with Gasteiger partial charge in [0.25, 0.3) is 11.5 Å². The Morgan fingerprint density at radius 1 is 1.23 bits per heavy atom. The zero-order chi connectivity index (χ0) is 21.3. The number of thioether (sulfide) groups is 1. The molecule has 0 spiro atoms. The molecule has 2 saturated heterocycles. The summed E-state index contributed by atoms with van der Waals surface area (Å²) in [4.78, 5) is 35.6. The van der Waals surface area contributed by atoms with Gasteiger partial charge in [-0.05, 0) is 43.9 Å². The molecule has 6 nitrogen and oxygen atoms in total. The SMILES string of the molecule is CCCCCN1C(=O)/C(=C/c2c(N3CCCC3)nc3c(C)cccn3c2=O)SC1=S.